The molecule has 1 atom stereocenters. The average molecular weight is 410 g/mol. The molecule has 0 unspecified atom stereocenters. The minimum Gasteiger partial charge on any atom is -0.507 e. The monoisotopic (exact) mass is 410 g/mol. The van der Waals surface area contributed by atoms with Crippen LogP contribution in [-0.4, -0.2) is 39.6 Å². The molecule has 8 heteroatoms. The van der Waals surface area contributed by atoms with E-state index in [2.05, 4.69) is 0 Å². The molecular weight excluding hydrogens is 383 g/mol. The molecule has 7 nitrogen and oxygen atoms in total. The summed E-state index contributed by atoms with van der Waals surface area (Å²) in [6.07, 6.45) is 0. The summed E-state index contributed by atoms with van der Waals surface area (Å²) in [6.45, 7) is 3.87. The van der Waals surface area contributed by atoms with Crippen molar-refractivity contribution in [2.75, 3.05) is 34.5 Å². The molecule has 0 heterocycles. The van der Waals surface area contributed by atoms with E-state index in [0.717, 1.165) is 0 Å². The van der Waals surface area contributed by atoms with Crippen LogP contribution in [0, 0.1) is 0 Å². The lowest BCUT2D eigenvalue weighted by molar-refractivity contribution is 0.214. The molecule has 0 spiro atoms. The second kappa shape index (κ2) is 9.82. The number of aromatic hydroxyl groups is 1. The van der Waals surface area contributed by atoms with Crippen LogP contribution < -0.4 is 14.2 Å². The SMILES string of the molecule is CCOP(=O)(OCC)[C@@H](c1ccc(OC)cc1)c1cc(OC)c(OC)cc1O. The van der Waals surface area contributed by atoms with E-state index in [1.165, 1.54) is 20.3 Å². The molecule has 0 bridgehead atoms. The lowest BCUT2D eigenvalue weighted by Crippen LogP contribution is -2.09. The second-order valence-corrected chi connectivity index (χ2v) is 7.93. The quantitative estimate of drug-likeness (QED) is 0.565. The summed E-state index contributed by atoms with van der Waals surface area (Å²) in [5, 5.41) is 10.7. The fourth-order valence-electron chi connectivity index (χ4n) is 2.97. The maximum atomic E-state index is 13.7. The Labute approximate surface area is 165 Å². The Balaban J connectivity index is 2.72. The molecule has 0 saturated carbocycles. The average Bonchev–Trinajstić information content (AvgIpc) is 2.69. The highest BCUT2D eigenvalue weighted by molar-refractivity contribution is 7.54. The Morgan fingerprint density at radius 3 is 1.89 bits per heavy atom. The molecule has 0 saturated heterocycles. The summed E-state index contributed by atoms with van der Waals surface area (Å²) in [5.74, 6) is 1.31. The van der Waals surface area contributed by atoms with Gasteiger partial charge in [-0.15, -0.1) is 0 Å². The molecule has 0 aliphatic carbocycles. The summed E-state index contributed by atoms with van der Waals surface area (Å²) in [7, 11) is 0.860. The molecule has 2 aromatic carbocycles. The maximum Gasteiger partial charge on any atom is 0.342 e. The van der Waals surface area contributed by atoms with Crippen molar-refractivity contribution >= 4 is 7.60 Å². The van der Waals surface area contributed by atoms with E-state index in [9.17, 15) is 9.67 Å². The number of hydrogen-bond donors (Lipinski definition) is 1. The van der Waals surface area contributed by atoms with Gasteiger partial charge in [-0.25, -0.2) is 0 Å². The van der Waals surface area contributed by atoms with Crippen molar-refractivity contribution in [2.45, 2.75) is 19.5 Å². The minimum absolute atomic E-state index is 0.0990. The Bertz CT molecular complexity index is 810. The Kier molecular flexibility index (Phi) is 7.75. The van der Waals surface area contributed by atoms with E-state index >= 15 is 0 Å². The number of rotatable bonds is 10. The lowest BCUT2D eigenvalue weighted by Gasteiger charge is -2.28. The predicted octanol–water partition coefficient (Wildman–Crippen LogP) is 4.77. The standard InChI is InChI=1S/C20H27O7P/c1-6-26-28(22,27-7-2)20(14-8-10-15(23-3)11-9-14)16-12-18(24-4)19(25-5)13-17(16)21/h8-13,20-21H,6-7H2,1-5H3/t20-/m0/s1. The first-order valence-corrected chi connectivity index (χ1v) is 10.5. The number of benzene rings is 2. The van der Waals surface area contributed by atoms with Crippen molar-refractivity contribution in [1.29, 1.82) is 0 Å². The molecule has 154 valence electrons. The molecule has 2 rings (SSSR count). The molecule has 0 radical (unpaired) electrons. The number of phenols is 1. The fraction of sp³-hybridized carbons (Fsp3) is 0.400. The van der Waals surface area contributed by atoms with E-state index in [-0.39, 0.29) is 19.0 Å². The van der Waals surface area contributed by atoms with Crippen molar-refractivity contribution in [3.8, 4) is 23.0 Å². The van der Waals surface area contributed by atoms with Gasteiger partial charge in [0.1, 0.15) is 17.2 Å². The molecule has 0 aliphatic heterocycles. The topological polar surface area (TPSA) is 83.5 Å². The van der Waals surface area contributed by atoms with E-state index in [1.807, 2.05) is 0 Å². The van der Waals surface area contributed by atoms with Gasteiger partial charge in [0.2, 0.25) is 0 Å². The van der Waals surface area contributed by atoms with E-state index in [0.29, 0.717) is 28.4 Å². The maximum absolute atomic E-state index is 13.7. The van der Waals surface area contributed by atoms with Gasteiger partial charge in [-0.2, -0.15) is 0 Å². The zero-order valence-electron chi connectivity index (χ0n) is 16.8. The highest BCUT2D eigenvalue weighted by Gasteiger charge is 2.40. The summed E-state index contributed by atoms with van der Waals surface area (Å²) >= 11 is 0. The van der Waals surface area contributed by atoms with Crippen LogP contribution in [0.4, 0.5) is 0 Å². The van der Waals surface area contributed by atoms with Crippen LogP contribution in [0.1, 0.15) is 30.6 Å². The van der Waals surface area contributed by atoms with Crippen LogP contribution >= 0.6 is 7.60 Å². The molecule has 0 amide bonds. The molecule has 28 heavy (non-hydrogen) atoms. The first kappa shape index (κ1) is 22.1. The van der Waals surface area contributed by atoms with Gasteiger partial charge in [0, 0.05) is 11.6 Å². The summed E-state index contributed by atoms with van der Waals surface area (Å²) < 4.78 is 40.7. The number of hydrogen-bond acceptors (Lipinski definition) is 7. The minimum atomic E-state index is -3.67. The summed E-state index contributed by atoms with van der Waals surface area (Å²) in [6, 6.07) is 10.1. The van der Waals surface area contributed by atoms with Crippen LogP contribution in [0.5, 0.6) is 23.0 Å². The first-order chi connectivity index (χ1) is 13.4. The highest BCUT2D eigenvalue weighted by Crippen LogP contribution is 2.65. The van der Waals surface area contributed by atoms with Crippen LogP contribution in [0.3, 0.4) is 0 Å². The van der Waals surface area contributed by atoms with Crippen LogP contribution in [-0.2, 0) is 13.6 Å². The summed E-state index contributed by atoms with van der Waals surface area (Å²) in [5.41, 5.74) is 0.139. The zero-order valence-corrected chi connectivity index (χ0v) is 17.7. The molecule has 0 fully saturated rings. The Morgan fingerprint density at radius 2 is 1.43 bits per heavy atom. The second-order valence-electron chi connectivity index (χ2n) is 5.82. The molecule has 1 N–H and O–H groups in total. The van der Waals surface area contributed by atoms with Crippen molar-refractivity contribution in [2.24, 2.45) is 0 Å². The third kappa shape index (κ3) is 4.61. The van der Waals surface area contributed by atoms with Crippen molar-refractivity contribution in [3.63, 3.8) is 0 Å². The van der Waals surface area contributed by atoms with Crippen molar-refractivity contribution in [1.82, 2.24) is 0 Å². The van der Waals surface area contributed by atoms with Gasteiger partial charge in [0.05, 0.1) is 34.5 Å². The zero-order chi connectivity index (χ0) is 20.7. The summed E-state index contributed by atoms with van der Waals surface area (Å²) in [4.78, 5) is 0. The van der Waals surface area contributed by atoms with Crippen molar-refractivity contribution < 1.29 is 32.9 Å². The van der Waals surface area contributed by atoms with Crippen LogP contribution in [0.2, 0.25) is 0 Å². The van der Waals surface area contributed by atoms with Gasteiger partial charge in [-0.3, -0.25) is 4.57 Å². The van der Waals surface area contributed by atoms with E-state index in [1.54, 1.807) is 51.3 Å². The molecule has 0 aromatic heterocycles. The van der Waals surface area contributed by atoms with Gasteiger partial charge in [0.25, 0.3) is 0 Å². The number of phenolic OH excluding ortho intramolecular Hbond substituents is 1. The van der Waals surface area contributed by atoms with E-state index < -0.39 is 13.3 Å². The third-order valence-corrected chi connectivity index (χ3v) is 6.64. The Morgan fingerprint density at radius 1 is 0.893 bits per heavy atom. The van der Waals surface area contributed by atoms with Crippen molar-refractivity contribution in [3.05, 3.63) is 47.5 Å². The first-order valence-electron chi connectivity index (χ1n) is 8.91. The van der Waals surface area contributed by atoms with Gasteiger partial charge in [-0.1, -0.05) is 12.1 Å². The highest BCUT2D eigenvalue weighted by atomic mass is 31.2. The normalized spacial score (nSPS) is 12.5. The molecule has 2 aromatic rings. The Hall–Kier alpha value is -2.21. The predicted molar refractivity (Wildman–Crippen MR) is 107 cm³/mol. The van der Waals surface area contributed by atoms with Gasteiger partial charge in [-0.05, 0) is 37.6 Å². The molecule has 0 aliphatic rings. The lowest BCUT2D eigenvalue weighted by atomic mass is 10.0. The molecular formula is C20H27O7P. The van der Waals surface area contributed by atoms with Gasteiger partial charge < -0.3 is 28.4 Å². The van der Waals surface area contributed by atoms with Gasteiger partial charge >= 0.3 is 7.60 Å². The number of ether oxygens (including phenoxy) is 3. The van der Waals surface area contributed by atoms with Gasteiger partial charge in [0.15, 0.2) is 11.5 Å². The largest absolute Gasteiger partial charge is 0.507 e. The van der Waals surface area contributed by atoms with Crippen LogP contribution in [0.15, 0.2) is 36.4 Å². The fourth-order valence-corrected chi connectivity index (χ4v) is 5.15. The van der Waals surface area contributed by atoms with Crippen LogP contribution in [0.25, 0.3) is 0 Å². The smallest absolute Gasteiger partial charge is 0.342 e. The van der Waals surface area contributed by atoms with E-state index in [4.69, 9.17) is 23.3 Å². The number of methoxy groups -OCH3 is 3. The third-order valence-electron chi connectivity index (χ3n) is 4.19.